The lowest BCUT2D eigenvalue weighted by atomic mass is 9.87. The Morgan fingerprint density at radius 2 is 1.81 bits per heavy atom. The topological polar surface area (TPSA) is 54.9 Å². The molecule has 1 aromatic rings. The Morgan fingerprint density at radius 1 is 1.24 bits per heavy atom. The summed E-state index contributed by atoms with van der Waals surface area (Å²) in [6.45, 7) is 11.1. The normalized spacial score (nSPS) is 14.6. The van der Waals surface area contributed by atoms with Crippen LogP contribution in [0, 0.1) is 0 Å². The zero-order valence-corrected chi connectivity index (χ0v) is 14.1. The van der Waals surface area contributed by atoms with Crippen LogP contribution in [0.5, 0.6) is 0 Å². The van der Waals surface area contributed by atoms with Gasteiger partial charge in [-0.3, -0.25) is 4.79 Å². The second-order valence-corrected chi connectivity index (χ2v) is 6.73. The van der Waals surface area contributed by atoms with E-state index in [0.29, 0.717) is 6.61 Å². The lowest BCUT2D eigenvalue weighted by molar-refractivity contribution is -0.704. The zero-order valence-electron chi connectivity index (χ0n) is 14.1. The summed E-state index contributed by atoms with van der Waals surface area (Å²) in [7, 11) is 1.67. The predicted molar refractivity (Wildman–Crippen MR) is 86.5 cm³/mol. The minimum atomic E-state index is -0.141. The minimum Gasteiger partial charge on any atom is -0.379 e. The fourth-order valence-electron chi connectivity index (χ4n) is 2.21. The van der Waals surface area contributed by atoms with Gasteiger partial charge in [-0.1, -0.05) is 32.9 Å². The molecule has 4 heteroatoms. The van der Waals surface area contributed by atoms with Crippen molar-refractivity contribution in [2.75, 3.05) is 19.0 Å². The quantitative estimate of drug-likeness (QED) is 0.842. The zero-order chi connectivity index (χ0) is 16.0. The standard InChI is InChI=1S/C17H28N2O2/c1-12(11-21-6)18-13(2)16(20)19-15-9-7-14(8-10-15)17(3,4)5/h7-10,12-13,18H,11H2,1-6H3,(H,19,20)/p+1/t12-,13+/m1/s1. The van der Waals surface area contributed by atoms with Crippen LogP contribution in [-0.2, 0) is 14.9 Å². The lowest BCUT2D eigenvalue weighted by Crippen LogP contribution is -2.96. The van der Waals surface area contributed by atoms with Crippen molar-refractivity contribution in [2.45, 2.75) is 52.1 Å². The van der Waals surface area contributed by atoms with Crippen molar-refractivity contribution in [1.29, 1.82) is 0 Å². The monoisotopic (exact) mass is 293 g/mol. The van der Waals surface area contributed by atoms with Gasteiger partial charge in [0.05, 0.1) is 6.61 Å². The van der Waals surface area contributed by atoms with Crippen LogP contribution in [-0.4, -0.2) is 31.7 Å². The molecule has 2 atom stereocenters. The van der Waals surface area contributed by atoms with Crippen molar-refractivity contribution in [3.63, 3.8) is 0 Å². The van der Waals surface area contributed by atoms with Gasteiger partial charge in [0.2, 0.25) is 0 Å². The number of ether oxygens (including phenoxy) is 1. The molecular formula is C17H29N2O2+. The number of quaternary nitrogens is 1. The van der Waals surface area contributed by atoms with Crippen molar-refractivity contribution in [2.24, 2.45) is 0 Å². The van der Waals surface area contributed by atoms with Crippen molar-refractivity contribution < 1.29 is 14.8 Å². The van der Waals surface area contributed by atoms with Crippen LogP contribution >= 0.6 is 0 Å². The summed E-state index contributed by atoms with van der Waals surface area (Å²) >= 11 is 0. The molecule has 0 spiro atoms. The van der Waals surface area contributed by atoms with Crippen LogP contribution in [0.15, 0.2) is 24.3 Å². The highest BCUT2D eigenvalue weighted by Gasteiger charge is 2.19. The van der Waals surface area contributed by atoms with E-state index in [0.717, 1.165) is 5.69 Å². The Hall–Kier alpha value is -1.39. The van der Waals surface area contributed by atoms with E-state index in [4.69, 9.17) is 4.74 Å². The summed E-state index contributed by atoms with van der Waals surface area (Å²) in [6.07, 6.45) is 0. The Balaban J connectivity index is 2.58. The van der Waals surface area contributed by atoms with Gasteiger partial charge in [-0.15, -0.1) is 0 Å². The molecule has 0 fully saturated rings. The number of carbonyl (C=O) groups is 1. The molecule has 0 bridgehead atoms. The van der Waals surface area contributed by atoms with Gasteiger partial charge in [0.1, 0.15) is 6.04 Å². The van der Waals surface area contributed by atoms with Gasteiger partial charge in [0.25, 0.3) is 5.91 Å². The molecule has 0 saturated carbocycles. The first-order chi connectivity index (χ1) is 9.74. The molecule has 3 N–H and O–H groups in total. The predicted octanol–water partition coefficient (Wildman–Crippen LogP) is 1.91. The highest BCUT2D eigenvalue weighted by Crippen LogP contribution is 2.23. The Labute approximate surface area is 128 Å². The van der Waals surface area contributed by atoms with Crippen LogP contribution in [0.2, 0.25) is 0 Å². The molecule has 0 saturated heterocycles. The van der Waals surface area contributed by atoms with Crippen molar-refractivity contribution in [3.8, 4) is 0 Å². The molecule has 1 aromatic carbocycles. The molecular weight excluding hydrogens is 264 g/mol. The number of anilines is 1. The van der Waals surface area contributed by atoms with E-state index < -0.39 is 0 Å². The third-order valence-corrected chi connectivity index (χ3v) is 3.48. The van der Waals surface area contributed by atoms with Gasteiger partial charge in [-0.25, -0.2) is 0 Å². The van der Waals surface area contributed by atoms with Crippen LogP contribution in [0.3, 0.4) is 0 Å². The average Bonchev–Trinajstić information content (AvgIpc) is 2.38. The molecule has 4 nitrogen and oxygen atoms in total. The molecule has 1 amide bonds. The van der Waals surface area contributed by atoms with Crippen LogP contribution < -0.4 is 10.6 Å². The van der Waals surface area contributed by atoms with Crippen LogP contribution in [0.4, 0.5) is 5.69 Å². The van der Waals surface area contributed by atoms with Crippen LogP contribution in [0.1, 0.15) is 40.2 Å². The number of nitrogens with one attached hydrogen (secondary N) is 1. The summed E-state index contributed by atoms with van der Waals surface area (Å²) in [5, 5.41) is 4.97. The molecule has 118 valence electrons. The molecule has 0 heterocycles. The van der Waals surface area contributed by atoms with Crippen LogP contribution in [0.25, 0.3) is 0 Å². The number of amides is 1. The summed E-state index contributed by atoms with van der Waals surface area (Å²) in [5.41, 5.74) is 2.22. The maximum Gasteiger partial charge on any atom is 0.282 e. The second kappa shape index (κ2) is 7.57. The molecule has 0 aliphatic rings. The van der Waals surface area contributed by atoms with Gasteiger partial charge in [0, 0.05) is 12.8 Å². The van der Waals surface area contributed by atoms with Gasteiger partial charge in [-0.2, -0.15) is 0 Å². The van der Waals surface area contributed by atoms with E-state index in [2.05, 4.69) is 38.2 Å². The Kier molecular flexibility index (Phi) is 6.37. The fraction of sp³-hybridized carbons (Fsp3) is 0.588. The first kappa shape index (κ1) is 17.7. The average molecular weight is 293 g/mol. The van der Waals surface area contributed by atoms with Crippen molar-refractivity contribution in [3.05, 3.63) is 29.8 Å². The second-order valence-electron chi connectivity index (χ2n) is 6.73. The molecule has 21 heavy (non-hydrogen) atoms. The maximum atomic E-state index is 12.2. The Bertz CT molecular complexity index is 449. The first-order valence-corrected chi connectivity index (χ1v) is 7.49. The number of carbonyl (C=O) groups excluding carboxylic acids is 1. The van der Waals surface area contributed by atoms with Gasteiger partial charge in [0.15, 0.2) is 6.04 Å². The van der Waals surface area contributed by atoms with Crippen molar-refractivity contribution >= 4 is 11.6 Å². The highest BCUT2D eigenvalue weighted by atomic mass is 16.5. The van der Waals surface area contributed by atoms with E-state index in [9.17, 15) is 4.79 Å². The molecule has 0 unspecified atom stereocenters. The Morgan fingerprint density at radius 3 is 2.29 bits per heavy atom. The van der Waals surface area contributed by atoms with Gasteiger partial charge < -0.3 is 15.4 Å². The third-order valence-electron chi connectivity index (χ3n) is 3.48. The molecule has 0 aromatic heterocycles. The number of nitrogens with two attached hydrogens (primary N) is 1. The lowest BCUT2D eigenvalue weighted by Gasteiger charge is -2.19. The smallest absolute Gasteiger partial charge is 0.282 e. The summed E-state index contributed by atoms with van der Waals surface area (Å²) in [6, 6.07) is 8.18. The van der Waals surface area contributed by atoms with E-state index in [-0.39, 0.29) is 23.4 Å². The minimum absolute atomic E-state index is 0.0152. The number of rotatable bonds is 6. The number of benzene rings is 1. The summed E-state index contributed by atoms with van der Waals surface area (Å²) in [5.74, 6) is 0.0152. The van der Waals surface area contributed by atoms with E-state index >= 15 is 0 Å². The largest absolute Gasteiger partial charge is 0.379 e. The first-order valence-electron chi connectivity index (χ1n) is 7.49. The number of hydrogen-bond donors (Lipinski definition) is 2. The maximum absolute atomic E-state index is 12.2. The summed E-state index contributed by atoms with van der Waals surface area (Å²) < 4.78 is 5.08. The van der Waals surface area contributed by atoms with Gasteiger partial charge >= 0.3 is 0 Å². The van der Waals surface area contributed by atoms with E-state index in [1.165, 1.54) is 5.56 Å². The van der Waals surface area contributed by atoms with Crippen molar-refractivity contribution in [1.82, 2.24) is 0 Å². The van der Waals surface area contributed by atoms with Gasteiger partial charge in [-0.05, 0) is 37.0 Å². The molecule has 0 radical (unpaired) electrons. The third kappa shape index (κ3) is 5.86. The fourth-order valence-corrected chi connectivity index (χ4v) is 2.21. The van der Waals surface area contributed by atoms with E-state index in [1.54, 1.807) is 7.11 Å². The SMILES string of the molecule is COC[C@@H](C)[NH2+][C@@H](C)C(=O)Nc1ccc(C(C)(C)C)cc1. The molecule has 1 rings (SSSR count). The molecule has 0 aliphatic heterocycles. The molecule has 0 aliphatic carbocycles. The number of methoxy groups -OCH3 is 1. The number of hydrogen-bond acceptors (Lipinski definition) is 2. The van der Waals surface area contributed by atoms with E-state index in [1.807, 2.05) is 31.3 Å². The summed E-state index contributed by atoms with van der Waals surface area (Å²) in [4.78, 5) is 12.2. The highest BCUT2D eigenvalue weighted by molar-refractivity contribution is 5.93.